The largest absolute Gasteiger partial charge is 0.463 e. The fourth-order valence-corrected chi connectivity index (χ4v) is 2.28. The Morgan fingerprint density at radius 2 is 2.11 bits per heavy atom. The Morgan fingerprint density at radius 3 is 2.63 bits per heavy atom. The number of hydrogen-bond donors (Lipinski definition) is 0. The van der Waals surface area contributed by atoms with Crippen molar-refractivity contribution in [1.29, 1.82) is 0 Å². The second kappa shape index (κ2) is 5.99. The molecule has 1 aliphatic rings. The molecule has 0 aromatic rings. The molecule has 5 heteroatoms. The van der Waals surface area contributed by atoms with Crippen molar-refractivity contribution in [3.8, 4) is 0 Å². The molecule has 0 unspecified atom stereocenters. The molecular weight excluding hydrogens is 252 g/mol. The molecule has 0 spiro atoms. The zero-order chi connectivity index (χ0) is 14.7. The fourth-order valence-electron chi connectivity index (χ4n) is 2.28. The summed E-state index contributed by atoms with van der Waals surface area (Å²) in [4.78, 5) is 13.0. The van der Waals surface area contributed by atoms with Crippen LogP contribution in [0.4, 0.5) is 8.78 Å². The van der Waals surface area contributed by atoms with Gasteiger partial charge in [-0.15, -0.1) is 0 Å². The summed E-state index contributed by atoms with van der Waals surface area (Å²) in [6.45, 7) is 7.48. The molecule has 0 aromatic heterocycles. The molecule has 110 valence electrons. The summed E-state index contributed by atoms with van der Waals surface area (Å²) in [5.74, 6) is -3.07. The zero-order valence-electron chi connectivity index (χ0n) is 12.1. The van der Waals surface area contributed by atoms with Crippen molar-refractivity contribution in [3.05, 3.63) is 12.2 Å². The Kier molecular flexibility index (Phi) is 5.07. The van der Waals surface area contributed by atoms with Gasteiger partial charge in [0.05, 0.1) is 13.2 Å². The lowest BCUT2D eigenvalue weighted by Gasteiger charge is -2.46. The van der Waals surface area contributed by atoms with Crippen molar-refractivity contribution in [1.82, 2.24) is 4.90 Å². The Bertz CT molecular complexity index is 348. The topological polar surface area (TPSA) is 29.5 Å². The Morgan fingerprint density at radius 1 is 1.47 bits per heavy atom. The quantitative estimate of drug-likeness (QED) is 0.586. The monoisotopic (exact) mass is 275 g/mol. The van der Waals surface area contributed by atoms with Gasteiger partial charge in [-0.1, -0.05) is 6.08 Å². The van der Waals surface area contributed by atoms with E-state index >= 15 is 0 Å². The number of esters is 1. The van der Waals surface area contributed by atoms with Gasteiger partial charge in [-0.2, -0.15) is 0 Å². The van der Waals surface area contributed by atoms with E-state index in [0.29, 0.717) is 13.0 Å². The van der Waals surface area contributed by atoms with Crippen molar-refractivity contribution in [2.24, 2.45) is 0 Å². The van der Waals surface area contributed by atoms with Crippen molar-refractivity contribution in [2.45, 2.75) is 58.0 Å². The number of hydrogen-bond acceptors (Lipinski definition) is 3. The summed E-state index contributed by atoms with van der Waals surface area (Å²) in [5.41, 5.74) is -0.368. The van der Waals surface area contributed by atoms with Gasteiger partial charge in [0, 0.05) is 24.1 Å². The number of ether oxygens (including phenoxy) is 1. The van der Waals surface area contributed by atoms with Crippen LogP contribution in [0.15, 0.2) is 12.2 Å². The summed E-state index contributed by atoms with van der Waals surface area (Å²) < 4.78 is 31.8. The Labute approximate surface area is 113 Å². The summed E-state index contributed by atoms with van der Waals surface area (Å²) in [7, 11) is 0. The lowest BCUT2D eigenvalue weighted by Crippen LogP contribution is -2.55. The van der Waals surface area contributed by atoms with Gasteiger partial charge in [0.15, 0.2) is 0 Å². The highest BCUT2D eigenvalue weighted by molar-refractivity contribution is 5.81. The Balaban J connectivity index is 2.78. The van der Waals surface area contributed by atoms with Crippen LogP contribution in [0.5, 0.6) is 0 Å². The normalized spacial score (nSPS) is 24.6. The molecule has 1 atom stereocenters. The van der Waals surface area contributed by atoms with Crippen LogP contribution in [0.3, 0.4) is 0 Å². The van der Waals surface area contributed by atoms with E-state index in [1.807, 2.05) is 20.8 Å². The van der Waals surface area contributed by atoms with E-state index in [2.05, 4.69) is 0 Å². The second-order valence-corrected chi connectivity index (χ2v) is 5.87. The van der Waals surface area contributed by atoms with E-state index in [-0.39, 0.29) is 24.5 Å². The molecule has 1 fully saturated rings. The standard InChI is InChI=1S/C14H23F2NO2/c1-5-19-12(18)7-6-11-8-9-14(15,16)10-17(11)13(2,3)4/h6-7,11H,5,8-10H2,1-4H3/t11-/m1/s1. The molecule has 0 aromatic carbocycles. The highest BCUT2D eigenvalue weighted by atomic mass is 19.3. The van der Waals surface area contributed by atoms with Crippen LogP contribution in [-0.4, -0.2) is 41.5 Å². The zero-order valence-corrected chi connectivity index (χ0v) is 12.1. The Hall–Kier alpha value is -0.970. The predicted octanol–water partition coefficient (Wildman–Crippen LogP) is 3.00. The first-order valence-electron chi connectivity index (χ1n) is 6.65. The van der Waals surface area contributed by atoms with Crippen molar-refractivity contribution in [2.75, 3.05) is 13.2 Å². The summed E-state index contributed by atoms with van der Waals surface area (Å²) in [6.07, 6.45) is 3.23. The van der Waals surface area contributed by atoms with E-state index in [4.69, 9.17) is 4.74 Å². The van der Waals surface area contributed by atoms with Crippen LogP contribution < -0.4 is 0 Å². The van der Waals surface area contributed by atoms with Gasteiger partial charge in [-0.3, -0.25) is 4.90 Å². The molecule has 0 saturated carbocycles. The first kappa shape index (κ1) is 16.1. The van der Waals surface area contributed by atoms with Crippen LogP contribution in [0.25, 0.3) is 0 Å². The molecule has 1 heterocycles. The molecule has 1 saturated heterocycles. The summed E-state index contributed by atoms with van der Waals surface area (Å²) in [6, 6.07) is -0.149. The van der Waals surface area contributed by atoms with Crippen LogP contribution in [0.1, 0.15) is 40.5 Å². The molecular formula is C14H23F2NO2. The molecule has 19 heavy (non-hydrogen) atoms. The maximum absolute atomic E-state index is 13.5. The van der Waals surface area contributed by atoms with E-state index in [1.165, 1.54) is 6.08 Å². The summed E-state index contributed by atoms with van der Waals surface area (Å²) in [5, 5.41) is 0. The third kappa shape index (κ3) is 4.90. The van der Waals surface area contributed by atoms with Gasteiger partial charge in [-0.05, 0) is 34.1 Å². The smallest absolute Gasteiger partial charge is 0.330 e. The lowest BCUT2D eigenvalue weighted by molar-refractivity contribution is -0.137. The molecule has 1 aliphatic heterocycles. The van der Waals surface area contributed by atoms with Gasteiger partial charge in [0.25, 0.3) is 5.92 Å². The van der Waals surface area contributed by atoms with E-state index in [0.717, 1.165) is 0 Å². The van der Waals surface area contributed by atoms with E-state index in [9.17, 15) is 13.6 Å². The third-order valence-corrected chi connectivity index (χ3v) is 3.21. The minimum absolute atomic E-state index is 0.141. The molecule has 0 radical (unpaired) electrons. The van der Waals surface area contributed by atoms with Crippen LogP contribution in [0.2, 0.25) is 0 Å². The maximum Gasteiger partial charge on any atom is 0.330 e. The van der Waals surface area contributed by atoms with Crippen LogP contribution in [0, 0.1) is 0 Å². The van der Waals surface area contributed by atoms with Crippen LogP contribution in [-0.2, 0) is 9.53 Å². The van der Waals surface area contributed by atoms with Crippen LogP contribution >= 0.6 is 0 Å². The molecule has 0 amide bonds. The number of piperidine rings is 1. The maximum atomic E-state index is 13.5. The number of carbonyl (C=O) groups is 1. The van der Waals surface area contributed by atoms with Gasteiger partial charge in [-0.25, -0.2) is 13.6 Å². The number of likely N-dealkylation sites (tertiary alicyclic amines) is 1. The number of halogens is 2. The lowest BCUT2D eigenvalue weighted by atomic mass is 9.92. The first-order valence-corrected chi connectivity index (χ1v) is 6.65. The van der Waals surface area contributed by atoms with E-state index < -0.39 is 11.9 Å². The number of rotatable bonds is 3. The molecule has 3 nitrogen and oxygen atoms in total. The number of carbonyl (C=O) groups excluding carboxylic acids is 1. The van der Waals surface area contributed by atoms with Crippen molar-refractivity contribution < 1.29 is 18.3 Å². The molecule has 0 N–H and O–H groups in total. The molecule has 0 bridgehead atoms. The molecule has 0 aliphatic carbocycles. The average Bonchev–Trinajstić information content (AvgIpc) is 2.25. The predicted molar refractivity (Wildman–Crippen MR) is 70.2 cm³/mol. The highest BCUT2D eigenvalue weighted by Gasteiger charge is 2.42. The minimum atomic E-state index is -2.65. The number of nitrogens with zero attached hydrogens (tertiary/aromatic N) is 1. The first-order chi connectivity index (χ1) is 8.65. The molecule has 1 rings (SSSR count). The van der Waals surface area contributed by atoms with Crippen molar-refractivity contribution in [3.63, 3.8) is 0 Å². The average molecular weight is 275 g/mol. The van der Waals surface area contributed by atoms with Gasteiger partial charge in [0.2, 0.25) is 0 Å². The highest BCUT2D eigenvalue weighted by Crippen LogP contribution is 2.34. The SMILES string of the molecule is CCOC(=O)C=C[C@@H]1CCC(F)(F)CN1C(C)(C)C. The fraction of sp³-hybridized carbons (Fsp3) is 0.786. The van der Waals surface area contributed by atoms with Crippen molar-refractivity contribution >= 4 is 5.97 Å². The van der Waals surface area contributed by atoms with Gasteiger partial charge >= 0.3 is 5.97 Å². The second-order valence-electron chi connectivity index (χ2n) is 5.87. The summed E-state index contributed by atoms with van der Waals surface area (Å²) >= 11 is 0. The third-order valence-electron chi connectivity index (χ3n) is 3.21. The van der Waals surface area contributed by atoms with Gasteiger partial charge in [0.1, 0.15) is 0 Å². The number of alkyl halides is 2. The minimum Gasteiger partial charge on any atom is -0.463 e. The van der Waals surface area contributed by atoms with E-state index in [1.54, 1.807) is 17.9 Å². The van der Waals surface area contributed by atoms with Gasteiger partial charge < -0.3 is 4.74 Å².